The maximum atomic E-state index is 14.9. The summed E-state index contributed by atoms with van der Waals surface area (Å²) in [5.74, 6) is -0.817. The molecule has 1 aromatic carbocycles. The average molecular weight is 506 g/mol. The number of anilines is 1. The Labute approximate surface area is 208 Å². The molecule has 13 heteroatoms. The third kappa shape index (κ3) is 4.18. The predicted octanol–water partition coefficient (Wildman–Crippen LogP) is 3.35. The molecule has 3 atom stereocenters. The topological polar surface area (TPSA) is 102 Å². The Morgan fingerprint density at radius 3 is 2.89 bits per heavy atom. The number of carbonyl (C=O) groups is 1. The number of fused-ring (bicyclic) bond motifs is 2. The number of carbonyl (C=O) groups excluding carboxylic acids is 1. The minimum atomic E-state index is -2.82. The molecule has 36 heavy (non-hydrogen) atoms. The fourth-order valence-electron chi connectivity index (χ4n) is 4.36. The number of hydrogen-bond acceptors (Lipinski definition) is 7. The van der Waals surface area contributed by atoms with E-state index >= 15 is 0 Å². The maximum absolute atomic E-state index is 14.9. The summed E-state index contributed by atoms with van der Waals surface area (Å²) >= 11 is 0. The third-order valence-electron chi connectivity index (χ3n) is 6.35. The van der Waals surface area contributed by atoms with Crippen LogP contribution in [0.15, 0.2) is 30.5 Å². The zero-order valence-electron chi connectivity index (χ0n) is 22.4. The van der Waals surface area contributed by atoms with E-state index in [0.717, 1.165) is 4.90 Å². The summed E-state index contributed by atoms with van der Waals surface area (Å²) in [5.41, 5.74) is 2.75. The molecule has 0 spiro atoms. The molecule has 0 radical (unpaired) electrons. The molecule has 0 aliphatic carbocycles. The van der Waals surface area contributed by atoms with Gasteiger partial charge in [-0.05, 0) is 37.1 Å². The number of amides is 1. The first-order valence-corrected chi connectivity index (χ1v) is 11.2. The van der Waals surface area contributed by atoms with Gasteiger partial charge >= 0.3 is 0 Å². The molecule has 4 aromatic rings. The van der Waals surface area contributed by atoms with Crippen molar-refractivity contribution in [2.24, 2.45) is 0 Å². The first kappa shape index (κ1) is 20.3. The quantitative estimate of drug-likeness (QED) is 0.429. The van der Waals surface area contributed by atoms with Gasteiger partial charge in [-0.1, -0.05) is 11.3 Å². The highest BCUT2D eigenvalue weighted by atomic mass is 19.3. The van der Waals surface area contributed by atoms with E-state index in [1.165, 1.54) is 23.2 Å². The molecule has 4 heterocycles. The molecular formula is C23H25F3N8O2. The molecule has 1 fully saturated rings. The Morgan fingerprint density at radius 2 is 2.17 bits per heavy atom. The number of halogens is 3. The molecule has 0 saturated carbocycles. The number of rotatable bonds is 6. The number of nitrogens with zero attached hydrogens (tertiary/aromatic N) is 7. The smallest absolute Gasteiger partial charge is 0.260 e. The van der Waals surface area contributed by atoms with E-state index in [-0.39, 0.29) is 31.3 Å². The molecule has 3 aromatic heterocycles. The van der Waals surface area contributed by atoms with Crippen molar-refractivity contribution >= 4 is 28.4 Å². The van der Waals surface area contributed by atoms with Gasteiger partial charge < -0.3 is 15.0 Å². The van der Waals surface area contributed by atoms with Gasteiger partial charge in [-0.3, -0.25) is 4.79 Å². The van der Waals surface area contributed by atoms with E-state index in [0.29, 0.717) is 27.7 Å². The van der Waals surface area contributed by atoms with Crippen LogP contribution in [0.3, 0.4) is 0 Å². The second kappa shape index (κ2) is 9.28. The number of piperidine rings is 1. The first-order valence-electron chi connectivity index (χ1n) is 12.7. The van der Waals surface area contributed by atoms with E-state index in [1.54, 1.807) is 30.5 Å². The summed E-state index contributed by atoms with van der Waals surface area (Å²) in [4.78, 5) is 17.4. The minimum Gasteiger partial charge on any atom is -0.479 e. The SMILES string of the molecule is [2H]C([2H])([2H])C(=O)N1CC[C@H](Nc2nc(OC)c3c(-c4ccc5nnn([C@H](C)C(F)F)c5c4)ccn3n2)[C@H](F)C1. The van der Waals surface area contributed by atoms with Crippen molar-refractivity contribution in [2.75, 3.05) is 25.5 Å². The van der Waals surface area contributed by atoms with Crippen molar-refractivity contribution in [3.05, 3.63) is 30.5 Å². The monoisotopic (exact) mass is 505 g/mol. The highest BCUT2D eigenvalue weighted by Crippen LogP contribution is 2.34. The Bertz CT molecular complexity index is 1530. The van der Waals surface area contributed by atoms with E-state index in [9.17, 15) is 18.0 Å². The van der Waals surface area contributed by atoms with E-state index in [4.69, 9.17) is 8.85 Å². The lowest BCUT2D eigenvalue weighted by Crippen LogP contribution is -2.49. The molecule has 1 aliphatic heterocycles. The standard InChI is InChI=1S/C23H25F3N8O2/c1-12(21(25)26)34-19-10-14(4-5-18(19)29-31-34)15-6-9-33-20(15)22(36-3)28-23(30-33)27-17-7-8-32(13(2)35)11-16(17)24/h4-6,9-10,12,16-17,21H,7-8,11H2,1-3H3,(H,27,30)/t12-,16-,17+/m1/s1/i2D3. The van der Waals surface area contributed by atoms with Crippen molar-refractivity contribution in [3.8, 4) is 17.0 Å². The lowest BCUT2D eigenvalue weighted by Gasteiger charge is -2.34. The molecule has 1 saturated heterocycles. The van der Waals surface area contributed by atoms with Gasteiger partial charge in [0.15, 0.2) is 0 Å². The van der Waals surface area contributed by atoms with Crippen LogP contribution in [0.25, 0.3) is 27.7 Å². The van der Waals surface area contributed by atoms with Crippen LogP contribution >= 0.6 is 0 Å². The van der Waals surface area contributed by atoms with Gasteiger partial charge in [0.2, 0.25) is 17.7 Å². The summed E-state index contributed by atoms with van der Waals surface area (Å²) in [6.45, 7) is -1.75. The van der Waals surface area contributed by atoms with Gasteiger partial charge in [0.05, 0.1) is 25.2 Å². The number of hydrogen-bond donors (Lipinski definition) is 1. The Morgan fingerprint density at radius 1 is 1.33 bits per heavy atom. The maximum Gasteiger partial charge on any atom is 0.260 e. The fourth-order valence-corrected chi connectivity index (χ4v) is 4.36. The van der Waals surface area contributed by atoms with Crippen LogP contribution in [0.5, 0.6) is 5.88 Å². The Kier molecular flexibility index (Phi) is 5.24. The highest BCUT2D eigenvalue weighted by molar-refractivity contribution is 5.89. The molecule has 1 N–H and O–H groups in total. The van der Waals surface area contributed by atoms with Gasteiger partial charge in [0, 0.05) is 29.3 Å². The molecule has 0 unspecified atom stereocenters. The van der Waals surface area contributed by atoms with Gasteiger partial charge in [0.25, 0.3) is 6.43 Å². The van der Waals surface area contributed by atoms with Crippen molar-refractivity contribution in [1.82, 2.24) is 34.5 Å². The average Bonchev–Trinajstić information content (AvgIpc) is 3.51. The highest BCUT2D eigenvalue weighted by Gasteiger charge is 2.31. The predicted molar refractivity (Wildman–Crippen MR) is 126 cm³/mol. The van der Waals surface area contributed by atoms with Crippen LogP contribution in [0, 0.1) is 0 Å². The van der Waals surface area contributed by atoms with Crippen molar-refractivity contribution in [3.63, 3.8) is 0 Å². The summed E-state index contributed by atoms with van der Waals surface area (Å²) in [7, 11) is 1.42. The van der Waals surface area contributed by atoms with Crippen molar-refractivity contribution in [2.45, 2.75) is 44.9 Å². The van der Waals surface area contributed by atoms with Crippen LogP contribution in [0.4, 0.5) is 19.1 Å². The number of alkyl halides is 3. The second-order valence-electron chi connectivity index (χ2n) is 8.59. The van der Waals surface area contributed by atoms with Crippen LogP contribution < -0.4 is 10.1 Å². The molecule has 5 rings (SSSR count). The lowest BCUT2D eigenvalue weighted by atomic mass is 10.0. The third-order valence-corrected chi connectivity index (χ3v) is 6.35. The molecule has 1 aliphatic rings. The van der Waals surface area contributed by atoms with Gasteiger partial charge in [-0.15, -0.1) is 10.2 Å². The Hall–Kier alpha value is -3.90. The van der Waals surface area contributed by atoms with E-state index in [2.05, 4.69) is 25.7 Å². The van der Waals surface area contributed by atoms with Crippen LogP contribution in [0.2, 0.25) is 0 Å². The van der Waals surface area contributed by atoms with E-state index in [1.807, 2.05) is 0 Å². The molecule has 10 nitrogen and oxygen atoms in total. The van der Waals surface area contributed by atoms with Crippen molar-refractivity contribution < 1.29 is 26.8 Å². The van der Waals surface area contributed by atoms with Crippen molar-refractivity contribution in [1.29, 1.82) is 0 Å². The van der Waals surface area contributed by atoms with E-state index < -0.39 is 37.4 Å². The summed E-state index contributed by atoms with van der Waals surface area (Å²) in [6.07, 6.45) is -2.35. The summed E-state index contributed by atoms with van der Waals surface area (Å²) in [5, 5.41) is 15.2. The number of benzene rings is 1. The van der Waals surface area contributed by atoms with Gasteiger partial charge in [0.1, 0.15) is 23.2 Å². The zero-order valence-corrected chi connectivity index (χ0v) is 19.4. The van der Waals surface area contributed by atoms with Gasteiger partial charge in [-0.25, -0.2) is 22.4 Å². The molecule has 1 amide bonds. The normalized spacial score (nSPS) is 20.8. The summed E-state index contributed by atoms with van der Waals surface area (Å²) in [6, 6.07) is 5.01. The minimum absolute atomic E-state index is 0.0699. The molecular weight excluding hydrogens is 477 g/mol. The van der Waals surface area contributed by atoms with Crippen LogP contribution in [-0.2, 0) is 4.79 Å². The van der Waals surface area contributed by atoms with Gasteiger partial charge in [-0.2, -0.15) is 4.98 Å². The zero-order chi connectivity index (χ0) is 28.1. The number of likely N-dealkylation sites (tertiary alicyclic amines) is 1. The largest absolute Gasteiger partial charge is 0.479 e. The van der Waals surface area contributed by atoms with Crippen LogP contribution in [-0.4, -0.2) is 79.2 Å². The first-order chi connectivity index (χ1) is 18.5. The fraction of sp³-hybridized carbons (Fsp3) is 0.435. The lowest BCUT2D eigenvalue weighted by molar-refractivity contribution is -0.131. The number of aromatic nitrogens is 6. The second-order valence-corrected chi connectivity index (χ2v) is 8.59. The van der Waals surface area contributed by atoms with Crippen LogP contribution in [0.1, 0.15) is 30.4 Å². The summed E-state index contributed by atoms with van der Waals surface area (Å²) < 4.78 is 71.6. The molecule has 190 valence electrons. The Balaban J connectivity index is 1.42. The number of ether oxygens (including phenoxy) is 1. The molecule has 0 bridgehead atoms. The number of nitrogens with one attached hydrogen (secondary N) is 1. The number of methoxy groups -OCH3 is 1.